The molecule has 0 bridgehead atoms. The second-order valence-electron chi connectivity index (χ2n) is 5.74. The lowest BCUT2D eigenvalue weighted by atomic mass is 9.99. The molecule has 9 heteroatoms. The zero-order valence-electron chi connectivity index (χ0n) is 12.8. The Morgan fingerprint density at radius 3 is 2.21 bits per heavy atom. The van der Waals surface area contributed by atoms with Gasteiger partial charge in [0.1, 0.15) is 30.2 Å². The van der Waals surface area contributed by atoms with Crippen molar-refractivity contribution in [2.24, 2.45) is 5.73 Å². The molecule has 1 aliphatic rings. The van der Waals surface area contributed by atoms with Crippen molar-refractivity contribution in [3.8, 4) is 5.75 Å². The summed E-state index contributed by atoms with van der Waals surface area (Å²) < 4.78 is 10.7. The lowest BCUT2D eigenvalue weighted by Crippen LogP contribution is -2.60. The van der Waals surface area contributed by atoms with Crippen molar-refractivity contribution in [2.75, 3.05) is 6.61 Å². The Labute approximate surface area is 138 Å². The molecule has 24 heavy (non-hydrogen) atoms. The van der Waals surface area contributed by atoms with E-state index in [1.807, 2.05) is 0 Å². The Morgan fingerprint density at radius 2 is 1.67 bits per heavy atom. The normalized spacial score (nSPS) is 31.9. The standard InChI is InChI=1S/C15H23NO8/c16-9(14(21)22)5-7-1-3-8(4-2-7)23-15-13(20)12(19)11(18)10(6-17)24-15/h1-4,9-15,17-22H,5-6,16H2/t9-,10+,11+,12-,13+,15-/m0/s1. The van der Waals surface area contributed by atoms with Crippen molar-refractivity contribution >= 4 is 0 Å². The fourth-order valence-corrected chi connectivity index (χ4v) is 2.38. The molecule has 9 nitrogen and oxygen atoms in total. The summed E-state index contributed by atoms with van der Waals surface area (Å²) in [6.07, 6.45) is -8.11. The maximum atomic E-state index is 9.90. The number of rotatable bonds is 6. The molecule has 0 spiro atoms. The average molecular weight is 345 g/mol. The van der Waals surface area contributed by atoms with E-state index >= 15 is 0 Å². The molecule has 1 aliphatic heterocycles. The molecule has 0 amide bonds. The molecule has 1 fully saturated rings. The van der Waals surface area contributed by atoms with Gasteiger partial charge < -0.3 is 45.8 Å². The number of aliphatic hydroxyl groups excluding tert-OH is 5. The zero-order valence-corrected chi connectivity index (χ0v) is 12.8. The molecule has 8 N–H and O–H groups in total. The van der Waals surface area contributed by atoms with E-state index in [1.54, 1.807) is 24.3 Å². The lowest BCUT2D eigenvalue weighted by molar-refractivity contribution is -0.277. The molecule has 1 aromatic rings. The molecule has 6 atom stereocenters. The molecule has 0 unspecified atom stereocenters. The Kier molecular flexibility index (Phi) is 6.49. The van der Waals surface area contributed by atoms with Gasteiger partial charge in [0, 0.05) is 0 Å². The molecule has 1 heterocycles. The second kappa shape index (κ2) is 8.19. The second-order valence-corrected chi connectivity index (χ2v) is 5.74. The van der Waals surface area contributed by atoms with E-state index in [-0.39, 0.29) is 6.42 Å². The van der Waals surface area contributed by atoms with Gasteiger partial charge in [0.15, 0.2) is 6.29 Å². The summed E-state index contributed by atoms with van der Waals surface area (Å²) in [4.78, 5) is 0. The van der Waals surface area contributed by atoms with Gasteiger partial charge in [-0.05, 0) is 24.1 Å². The predicted molar refractivity (Wildman–Crippen MR) is 80.7 cm³/mol. The van der Waals surface area contributed by atoms with Gasteiger partial charge in [0.05, 0.1) is 12.6 Å². The van der Waals surface area contributed by atoms with Crippen LogP contribution in [0.25, 0.3) is 0 Å². The number of ether oxygens (including phenoxy) is 2. The molecule has 1 aromatic carbocycles. The molecule has 0 aliphatic carbocycles. The van der Waals surface area contributed by atoms with Gasteiger partial charge in [-0.3, -0.25) is 0 Å². The zero-order chi connectivity index (χ0) is 17.9. The topological polar surface area (TPSA) is 166 Å². The largest absolute Gasteiger partial charge is 0.462 e. The predicted octanol–water partition coefficient (Wildman–Crippen LogP) is -2.95. The van der Waals surface area contributed by atoms with Crippen LogP contribution < -0.4 is 10.5 Å². The fraction of sp³-hybridized carbons (Fsp3) is 0.600. The van der Waals surface area contributed by atoms with Crippen molar-refractivity contribution in [1.29, 1.82) is 0 Å². The first kappa shape index (κ1) is 19.0. The Bertz CT molecular complexity index is 509. The Balaban J connectivity index is 2.00. The summed E-state index contributed by atoms with van der Waals surface area (Å²) in [5.74, 6) is 0.321. The van der Waals surface area contributed by atoms with Crippen LogP contribution >= 0.6 is 0 Å². The third kappa shape index (κ3) is 4.41. The van der Waals surface area contributed by atoms with Gasteiger partial charge in [-0.15, -0.1) is 0 Å². The van der Waals surface area contributed by atoms with Crippen LogP contribution in [-0.4, -0.2) is 80.3 Å². The summed E-state index contributed by atoms with van der Waals surface area (Å²) >= 11 is 0. The van der Waals surface area contributed by atoms with Gasteiger partial charge >= 0.3 is 0 Å². The van der Waals surface area contributed by atoms with Crippen molar-refractivity contribution < 1.29 is 40.1 Å². The highest BCUT2D eigenvalue weighted by atomic mass is 16.7. The highest BCUT2D eigenvalue weighted by Gasteiger charge is 2.44. The maximum absolute atomic E-state index is 9.90. The van der Waals surface area contributed by atoms with E-state index in [0.29, 0.717) is 5.75 Å². The summed E-state index contributed by atoms with van der Waals surface area (Å²) in [6, 6.07) is 5.62. The smallest absolute Gasteiger partial charge is 0.229 e. The first-order chi connectivity index (χ1) is 11.3. The highest BCUT2D eigenvalue weighted by Crippen LogP contribution is 2.24. The van der Waals surface area contributed by atoms with Crippen LogP contribution in [0.1, 0.15) is 5.56 Å². The van der Waals surface area contributed by atoms with Gasteiger partial charge in [-0.1, -0.05) is 12.1 Å². The van der Waals surface area contributed by atoms with Gasteiger partial charge in [0.2, 0.25) is 6.29 Å². The van der Waals surface area contributed by atoms with E-state index < -0.39 is 49.6 Å². The van der Waals surface area contributed by atoms with Crippen molar-refractivity contribution in [3.05, 3.63) is 29.8 Å². The van der Waals surface area contributed by atoms with Gasteiger partial charge in [-0.25, -0.2) is 0 Å². The summed E-state index contributed by atoms with van der Waals surface area (Å²) in [7, 11) is 0. The van der Waals surface area contributed by atoms with E-state index in [9.17, 15) is 15.3 Å². The minimum atomic E-state index is -1.62. The molecule has 0 saturated carbocycles. The third-order valence-electron chi connectivity index (χ3n) is 3.88. The van der Waals surface area contributed by atoms with E-state index in [1.165, 1.54) is 0 Å². The minimum Gasteiger partial charge on any atom is -0.462 e. The summed E-state index contributed by atoms with van der Waals surface area (Å²) in [5, 5.41) is 56.4. The number of aliphatic hydroxyl groups is 6. The van der Waals surface area contributed by atoms with Crippen LogP contribution in [0.4, 0.5) is 0 Å². The molecule has 0 radical (unpaired) electrons. The Morgan fingerprint density at radius 1 is 1.04 bits per heavy atom. The minimum absolute atomic E-state index is 0.248. The molecule has 2 rings (SSSR count). The van der Waals surface area contributed by atoms with E-state index in [0.717, 1.165) is 5.56 Å². The first-order valence-corrected chi connectivity index (χ1v) is 7.51. The first-order valence-electron chi connectivity index (χ1n) is 7.51. The van der Waals surface area contributed by atoms with Crippen LogP contribution in [0, 0.1) is 0 Å². The van der Waals surface area contributed by atoms with Gasteiger partial charge in [-0.2, -0.15) is 0 Å². The number of hydrogen-bond acceptors (Lipinski definition) is 9. The monoisotopic (exact) mass is 345 g/mol. The maximum Gasteiger partial charge on any atom is 0.229 e. The van der Waals surface area contributed by atoms with E-state index in [2.05, 4.69) is 0 Å². The number of hydrogen-bond donors (Lipinski definition) is 7. The molecular formula is C15H23NO8. The van der Waals surface area contributed by atoms with Crippen LogP contribution in [0.5, 0.6) is 5.75 Å². The number of benzene rings is 1. The third-order valence-corrected chi connectivity index (χ3v) is 3.88. The molecule has 1 saturated heterocycles. The summed E-state index contributed by atoms with van der Waals surface area (Å²) in [5.41, 5.74) is 6.30. The van der Waals surface area contributed by atoms with Crippen molar-refractivity contribution in [2.45, 2.75) is 49.5 Å². The molecule has 136 valence electrons. The molecular weight excluding hydrogens is 322 g/mol. The van der Waals surface area contributed by atoms with Crippen molar-refractivity contribution in [3.63, 3.8) is 0 Å². The van der Waals surface area contributed by atoms with E-state index in [4.69, 9.17) is 30.5 Å². The highest BCUT2D eigenvalue weighted by molar-refractivity contribution is 5.28. The lowest BCUT2D eigenvalue weighted by Gasteiger charge is -2.39. The molecule has 0 aromatic heterocycles. The van der Waals surface area contributed by atoms with Crippen LogP contribution in [0.2, 0.25) is 0 Å². The average Bonchev–Trinajstić information content (AvgIpc) is 2.56. The fourth-order valence-electron chi connectivity index (χ4n) is 2.38. The van der Waals surface area contributed by atoms with Crippen LogP contribution in [-0.2, 0) is 11.2 Å². The Hall–Kier alpha value is -1.30. The van der Waals surface area contributed by atoms with Crippen LogP contribution in [0.15, 0.2) is 24.3 Å². The van der Waals surface area contributed by atoms with Crippen LogP contribution in [0.3, 0.4) is 0 Å². The van der Waals surface area contributed by atoms with Gasteiger partial charge in [0.25, 0.3) is 0 Å². The quantitative estimate of drug-likeness (QED) is 0.267. The summed E-state index contributed by atoms with van der Waals surface area (Å²) in [6.45, 7) is -0.537. The SMILES string of the molecule is N[C@@H](Cc1ccc(O[C@H]2O[C@H](CO)[C@@H](O)[C@H](O)[C@H]2O)cc1)C(O)O. The number of nitrogens with two attached hydrogens (primary N) is 1. The van der Waals surface area contributed by atoms with Crippen molar-refractivity contribution in [1.82, 2.24) is 0 Å².